The SMILES string of the molecule is O=C(NCCc1ccccn1)c1nnc(N2CCN(c3cccc(Cl)c3)CC2)c2ccccc12. The number of hydrogen-bond acceptors (Lipinski definition) is 6. The van der Waals surface area contributed by atoms with Crippen molar-refractivity contribution in [1.29, 1.82) is 0 Å². The first kappa shape index (κ1) is 22.1. The Bertz CT molecular complexity index is 1290. The van der Waals surface area contributed by atoms with Crippen LogP contribution in [0.3, 0.4) is 0 Å². The molecule has 0 aliphatic carbocycles. The summed E-state index contributed by atoms with van der Waals surface area (Å²) in [7, 11) is 0. The molecule has 0 saturated carbocycles. The second-order valence-corrected chi connectivity index (χ2v) is 8.64. The number of carbonyl (C=O) groups is 1. The normalized spacial score (nSPS) is 13.8. The van der Waals surface area contributed by atoms with Gasteiger partial charge >= 0.3 is 0 Å². The van der Waals surface area contributed by atoms with Gasteiger partial charge in [0.25, 0.3) is 5.91 Å². The van der Waals surface area contributed by atoms with Crippen LogP contribution in [-0.4, -0.2) is 53.8 Å². The van der Waals surface area contributed by atoms with Gasteiger partial charge in [0.1, 0.15) is 0 Å². The Kier molecular flexibility index (Phi) is 6.53. The van der Waals surface area contributed by atoms with Crippen LogP contribution in [0.5, 0.6) is 0 Å². The fourth-order valence-electron chi connectivity index (χ4n) is 4.27. The minimum Gasteiger partial charge on any atom is -0.368 e. The molecule has 1 aliphatic rings. The van der Waals surface area contributed by atoms with Gasteiger partial charge in [-0.15, -0.1) is 10.2 Å². The van der Waals surface area contributed by atoms with E-state index in [4.69, 9.17) is 11.6 Å². The molecule has 172 valence electrons. The van der Waals surface area contributed by atoms with E-state index in [2.05, 4.69) is 36.4 Å². The average Bonchev–Trinajstić information content (AvgIpc) is 2.89. The lowest BCUT2D eigenvalue weighted by Gasteiger charge is -2.37. The first-order valence-corrected chi connectivity index (χ1v) is 11.8. The van der Waals surface area contributed by atoms with Crippen molar-refractivity contribution in [2.45, 2.75) is 6.42 Å². The van der Waals surface area contributed by atoms with Crippen LogP contribution >= 0.6 is 11.6 Å². The summed E-state index contributed by atoms with van der Waals surface area (Å²) in [6, 6.07) is 21.5. The van der Waals surface area contributed by atoms with Crippen LogP contribution in [0.15, 0.2) is 72.9 Å². The molecule has 2 aromatic carbocycles. The van der Waals surface area contributed by atoms with Crippen LogP contribution in [0.1, 0.15) is 16.2 Å². The van der Waals surface area contributed by atoms with Crippen LogP contribution in [0.25, 0.3) is 10.8 Å². The minimum absolute atomic E-state index is 0.225. The van der Waals surface area contributed by atoms with E-state index in [1.54, 1.807) is 6.20 Å². The first-order valence-electron chi connectivity index (χ1n) is 11.4. The average molecular weight is 473 g/mol. The number of hydrogen-bond donors (Lipinski definition) is 1. The number of carbonyl (C=O) groups excluding carboxylic acids is 1. The van der Waals surface area contributed by atoms with Gasteiger partial charge in [0.05, 0.1) is 0 Å². The topological polar surface area (TPSA) is 74.2 Å². The lowest BCUT2D eigenvalue weighted by atomic mass is 10.1. The predicted octanol–water partition coefficient (Wildman–Crippen LogP) is 3.98. The van der Waals surface area contributed by atoms with E-state index in [0.717, 1.165) is 59.2 Å². The second-order valence-electron chi connectivity index (χ2n) is 8.20. The molecule has 0 spiro atoms. The van der Waals surface area contributed by atoms with Gasteiger partial charge in [0.2, 0.25) is 0 Å². The van der Waals surface area contributed by atoms with Crippen molar-refractivity contribution in [1.82, 2.24) is 20.5 Å². The quantitative estimate of drug-likeness (QED) is 0.457. The highest BCUT2D eigenvalue weighted by atomic mass is 35.5. The molecular weight excluding hydrogens is 448 g/mol. The lowest BCUT2D eigenvalue weighted by molar-refractivity contribution is 0.0950. The van der Waals surface area contributed by atoms with Crippen molar-refractivity contribution in [3.63, 3.8) is 0 Å². The van der Waals surface area contributed by atoms with E-state index < -0.39 is 0 Å². The van der Waals surface area contributed by atoms with Gasteiger partial charge in [-0.1, -0.05) is 48.0 Å². The van der Waals surface area contributed by atoms with Crippen molar-refractivity contribution in [3.8, 4) is 0 Å². The van der Waals surface area contributed by atoms with Crippen molar-refractivity contribution in [2.24, 2.45) is 0 Å². The van der Waals surface area contributed by atoms with Crippen LogP contribution in [-0.2, 0) is 6.42 Å². The number of nitrogens with one attached hydrogen (secondary N) is 1. The Labute approximate surface area is 203 Å². The summed E-state index contributed by atoms with van der Waals surface area (Å²) in [5.41, 5.74) is 2.41. The summed E-state index contributed by atoms with van der Waals surface area (Å²) in [4.78, 5) is 21.8. The zero-order valence-electron chi connectivity index (χ0n) is 18.7. The van der Waals surface area contributed by atoms with Crippen molar-refractivity contribution >= 4 is 39.8 Å². The maximum Gasteiger partial charge on any atom is 0.272 e. The Hall–Kier alpha value is -3.71. The van der Waals surface area contributed by atoms with Crippen molar-refractivity contribution in [2.75, 3.05) is 42.5 Å². The molecule has 5 rings (SSSR count). The Morgan fingerprint density at radius 3 is 2.41 bits per heavy atom. The highest BCUT2D eigenvalue weighted by Gasteiger charge is 2.23. The fourth-order valence-corrected chi connectivity index (χ4v) is 4.46. The molecule has 3 heterocycles. The lowest BCUT2D eigenvalue weighted by Crippen LogP contribution is -2.47. The Balaban J connectivity index is 1.30. The first-order chi connectivity index (χ1) is 16.7. The molecule has 34 heavy (non-hydrogen) atoms. The van der Waals surface area contributed by atoms with Crippen LogP contribution < -0.4 is 15.1 Å². The van der Waals surface area contributed by atoms with Gasteiger partial charge in [-0.05, 0) is 30.3 Å². The van der Waals surface area contributed by atoms with Crippen molar-refractivity contribution < 1.29 is 4.79 Å². The molecule has 4 aromatic rings. The molecule has 1 N–H and O–H groups in total. The molecule has 1 fully saturated rings. The molecule has 1 aliphatic heterocycles. The molecule has 0 radical (unpaired) electrons. The van der Waals surface area contributed by atoms with Gasteiger partial charge in [0, 0.05) is 72.5 Å². The number of benzene rings is 2. The summed E-state index contributed by atoms with van der Waals surface area (Å²) in [5, 5.41) is 14.3. The minimum atomic E-state index is -0.225. The van der Waals surface area contributed by atoms with E-state index in [9.17, 15) is 4.79 Å². The number of pyridine rings is 1. The number of amides is 1. The number of aromatic nitrogens is 3. The molecule has 7 nitrogen and oxygen atoms in total. The maximum atomic E-state index is 12.9. The fraction of sp³-hybridized carbons (Fsp3) is 0.231. The monoisotopic (exact) mass is 472 g/mol. The van der Waals surface area contributed by atoms with Gasteiger partial charge < -0.3 is 15.1 Å². The molecule has 2 aromatic heterocycles. The number of piperazine rings is 1. The number of nitrogens with zero attached hydrogens (tertiary/aromatic N) is 5. The van der Waals surface area contributed by atoms with E-state index >= 15 is 0 Å². The molecule has 8 heteroatoms. The standard InChI is InChI=1S/C26H25ClN6O/c27-19-6-5-8-21(18-19)32-14-16-33(17-15-32)25-23-10-2-1-9-22(23)24(30-31-25)26(34)29-13-11-20-7-3-4-12-28-20/h1-10,12,18H,11,13-17H2,(H,29,34). The number of halogens is 1. The van der Waals surface area contributed by atoms with Gasteiger partial charge in [-0.3, -0.25) is 9.78 Å². The molecule has 0 unspecified atom stereocenters. The van der Waals surface area contributed by atoms with E-state index in [-0.39, 0.29) is 5.91 Å². The van der Waals surface area contributed by atoms with Crippen LogP contribution in [0.2, 0.25) is 5.02 Å². The molecule has 0 atom stereocenters. The van der Waals surface area contributed by atoms with Gasteiger partial charge in [0.15, 0.2) is 11.5 Å². The van der Waals surface area contributed by atoms with E-state index in [0.29, 0.717) is 18.7 Å². The highest BCUT2D eigenvalue weighted by molar-refractivity contribution is 6.30. The number of fused-ring (bicyclic) bond motifs is 1. The molecular formula is C26H25ClN6O. The Morgan fingerprint density at radius 1 is 0.882 bits per heavy atom. The highest BCUT2D eigenvalue weighted by Crippen LogP contribution is 2.28. The number of anilines is 2. The van der Waals surface area contributed by atoms with Gasteiger partial charge in [-0.25, -0.2) is 0 Å². The third-order valence-electron chi connectivity index (χ3n) is 6.03. The van der Waals surface area contributed by atoms with E-state index in [1.807, 2.05) is 60.7 Å². The summed E-state index contributed by atoms with van der Waals surface area (Å²) in [5.74, 6) is 0.586. The molecule has 0 bridgehead atoms. The van der Waals surface area contributed by atoms with Crippen LogP contribution in [0.4, 0.5) is 11.5 Å². The maximum absolute atomic E-state index is 12.9. The predicted molar refractivity (Wildman–Crippen MR) is 136 cm³/mol. The summed E-state index contributed by atoms with van der Waals surface area (Å²) >= 11 is 6.17. The second kappa shape index (κ2) is 10.1. The molecule has 1 saturated heterocycles. The van der Waals surface area contributed by atoms with Crippen molar-refractivity contribution in [3.05, 3.63) is 89.3 Å². The molecule has 1 amide bonds. The zero-order valence-corrected chi connectivity index (χ0v) is 19.4. The largest absolute Gasteiger partial charge is 0.368 e. The van der Waals surface area contributed by atoms with E-state index in [1.165, 1.54) is 0 Å². The third-order valence-corrected chi connectivity index (χ3v) is 6.26. The summed E-state index contributed by atoms with van der Waals surface area (Å²) in [6.45, 7) is 3.80. The van der Waals surface area contributed by atoms with Gasteiger partial charge in [-0.2, -0.15) is 0 Å². The van der Waals surface area contributed by atoms with Crippen LogP contribution in [0, 0.1) is 0 Å². The number of rotatable bonds is 6. The third kappa shape index (κ3) is 4.79. The smallest absolute Gasteiger partial charge is 0.272 e. The zero-order chi connectivity index (χ0) is 23.3. The Morgan fingerprint density at radius 2 is 1.65 bits per heavy atom. The summed E-state index contributed by atoms with van der Waals surface area (Å²) in [6.07, 6.45) is 2.41. The summed E-state index contributed by atoms with van der Waals surface area (Å²) < 4.78 is 0.